The summed E-state index contributed by atoms with van der Waals surface area (Å²) in [4.78, 5) is 4.63. The van der Waals surface area contributed by atoms with Crippen molar-refractivity contribution in [2.45, 2.75) is 37.3 Å². The number of hydrogen-bond donors (Lipinski definition) is 0. The van der Waals surface area contributed by atoms with Crippen LogP contribution in [0.15, 0.2) is 85.1 Å². The minimum Gasteiger partial charge on any atom is -0.313 e. The molecule has 1 aliphatic rings. The second-order valence-corrected chi connectivity index (χ2v) is 10.1. The molecule has 1 saturated carbocycles. The van der Waals surface area contributed by atoms with Crippen molar-refractivity contribution in [3.8, 4) is 0 Å². The third-order valence-electron chi connectivity index (χ3n) is 5.54. The van der Waals surface area contributed by atoms with Crippen molar-refractivity contribution < 1.29 is 4.57 Å². The molecule has 2 atom stereocenters. The molecule has 0 radical (unpaired) electrons. The molecule has 2 nitrogen and oxygen atoms in total. The highest BCUT2D eigenvalue weighted by atomic mass is 31.2. The van der Waals surface area contributed by atoms with Gasteiger partial charge < -0.3 is 4.57 Å². The molecule has 1 heterocycles. The Hall–Kier alpha value is -2.18. The van der Waals surface area contributed by atoms with Gasteiger partial charge in [0.05, 0.1) is 0 Å². The molecule has 1 fully saturated rings. The average molecular weight is 361 g/mol. The lowest BCUT2D eigenvalue weighted by Gasteiger charge is -2.37. The molecule has 0 amide bonds. The van der Waals surface area contributed by atoms with Crippen molar-refractivity contribution >= 4 is 17.8 Å². The Morgan fingerprint density at radius 2 is 1.31 bits per heavy atom. The molecule has 1 aromatic heterocycles. The number of pyridine rings is 1. The minimum absolute atomic E-state index is 0.107. The number of hydrogen-bond acceptors (Lipinski definition) is 2. The Bertz CT molecular complexity index is 836. The topological polar surface area (TPSA) is 30.0 Å². The lowest BCUT2D eigenvalue weighted by Crippen LogP contribution is -2.33. The molecule has 0 aliphatic heterocycles. The van der Waals surface area contributed by atoms with Gasteiger partial charge >= 0.3 is 0 Å². The van der Waals surface area contributed by atoms with Gasteiger partial charge in [0.2, 0.25) is 0 Å². The number of rotatable bonds is 4. The first-order valence-electron chi connectivity index (χ1n) is 9.42. The molecule has 2 aromatic carbocycles. The summed E-state index contributed by atoms with van der Waals surface area (Å²) in [5.41, 5.74) is 1.19. The summed E-state index contributed by atoms with van der Waals surface area (Å²) in [7, 11) is -2.76. The minimum atomic E-state index is -2.76. The van der Waals surface area contributed by atoms with Crippen LogP contribution in [-0.4, -0.2) is 10.6 Å². The third-order valence-corrected chi connectivity index (χ3v) is 9.23. The molecule has 0 N–H and O–H groups in total. The molecule has 0 unspecified atom stereocenters. The van der Waals surface area contributed by atoms with E-state index in [1.54, 1.807) is 0 Å². The molecule has 0 saturated heterocycles. The molecular formula is C23H24NOP. The van der Waals surface area contributed by atoms with Crippen molar-refractivity contribution in [2.24, 2.45) is 0 Å². The van der Waals surface area contributed by atoms with Crippen LogP contribution < -0.4 is 10.6 Å². The van der Waals surface area contributed by atoms with Gasteiger partial charge in [-0.3, -0.25) is 4.98 Å². The number of nitrogens with zero attached hydrogens (tertiary/aromatic N) is 1. The molecule has 3 heteroatoms. The summed E-state index contributed by atoms with van der Waals surface area (Å²) in [5, 5.41) is 1.94. The lowest BCUT2D eigenvalue weighted by molar-refractivity contribution is 0.432. The highest BCUT2D eigenvalue weighted by Gasteiger charge is 2.43. The predicted octanol–water partition coefficient (Wildman–Crippen LogP) is 5.12. The van der Waals surface area contributed by atoms with E-state index >= 15 is 0 Å². The fraction of sp³-hybridized carbons (Fsp3) is 0.261. The van der Waals surface area contributed by atoms with Gasteiger partial charge in [-0.15, -0.1) is 0 Å². The Kier molecular flexibility index (Phi) is 5.04. The van der Waals surface area contributed by atoms with E-state index in [0.717, 1.165) is 35.6 Å². The summed E-state index contributed by atoms with van der Waals surface area (Å²) in [5.74, 6) is 0.246. The molecule has 4 rings (SSSR count). The average Bonchev–Trinajstić information content (AvgIpc) is 2.75. The van der Waals surface area contributed by atoms with E-state index in [-0.39, 0.29) is 11.6 Å². The Morgan fingerprint density at radius 3 is 1.88 bits per heavy atom. The van der Waals surface area contributed by atoms with E-state index in [1.165, 1.54) is 6.42 Å². The second-order valence-electron chi connectivity index (χ2n) is 7.04. The molecular weight excluding hydrogens is 337 g/mol. The van der Waals surface area contributed by atoms with E-state index in [0.29, 0.717) is 0 Å². The van der Waals surface area contributed by atoms with Gasteiger partial charge in [0.1, 0.15) is 7.14 Å². The lowest BCUT2D eigenvalue weighted by atomic mass is 9.86. The molecule has 0 spiro atoms. The van der Waals surface area contributed by atoms with Gasteiger partial charge in [-0.05, 0) is 25.0 Å². The van der Waals surface area contributed by atoms with Crippen LogP contribution in [0.1, 0.15) is 37.3 Å². The van der Waals surface area contributed by atoms with E-state index in [1.807, 2.05) is 79.0 Å². The summed E-state index contributed by atoms with van der Waals surface area (Å²) >= 11 is 0. The van der Waals surface area contributed by atoms with Crippen molar-refractivity contribution in [3.63, 3.8) is 0 Å². The standard InChI is InChI=1S/C23H24NOP/c25-26(19-11-3-1-4-12-19,20-13-5-2-6-14-20)23-17-8-7-15-21(23)22-16-9-10-18-24-22/h1-6,9-14,16,18,21,23H,7-8,15,17H2/t21-,23+/m1/s1. The maximum Gasteiger partial charge on any atom is 0.146 e. The monoisotopic (exact) mass is 361 g/mol. The van der Waals surface area contributed by atoms with Crippen LogP contribution in [0.3, 0.4) is 0 Å². The van der Waals surface area contributed by atoms with E-state index in [4.69, 9.17) is 0 Å². The van der Waals surface area contributed by atoms with Crippen LogP contribution in [0.25, 0.3) is 0 Å². The SMILES string of the molecule is O=P(c1ccccc1)(c1ccccc1)[C@H]1CCCC[C@@H]1c1ccccn1. The van der Waals surface area contributed by atoms with Crippen LogP contribution in [0, 0.1) is 0 Å². The normalized spacial score (nSPS) is 20.6. The molecule has 26 heavy (non-hydrogen) atoms. The van der Waals surface area contributed by atoms with Crippen molar-refractivity contribution in [2.75, 3.05) is 0 Å². The number of benzene rings is 2. The zero-order valence-corrected chi connectivity index (χ0v) is 15.8. The van der Waals surface area contributed by atoms with Crippen molar-refractivity contribution in [1.82, 2.24) is 4.98 Å². The van der Waals surface area contributed by atoms with Gasteiger partial charge in [0.15, 0.2) is 0 Å². The zero-order valence-electron chi connectivity index (χ0n) is 14.9. The molecule has 3 aromatic rings. The maximum absolute atomic E-state index is 14.7. The molecule has 0 bridgehead atoms. The van der Waals surface area contributed by atoms with Crippen LogP contribution in [0.5, 0.6) is 0 Å². The molecule has 132 valence electrons. The first-order valence-corrected chi connectivity index (χ1v) is 11.2. The maximum atomic E-state index is 14.7. The van der Waals surface area contributed by atoms with E-state index in [2.05, 4.69) is 11.1 Å². The van der Waals surface area contributed by atoms with Gasteiger partial charge in [-0.1, -0.05) is 79.6 Å². The Balaban J connectivity index is 1.87. The largest absolute Gasteiger partial charge is 0.313 e. The summed E-state index contributed by atoms with van der Waals surface area (Å²) in [6.45, 7) is 0. The van der Waals surface area contributed by atoms with Crippen LogP contribution in [-0.2, 0) is 4.57 Å². The second kappa shape index (κ2) is 7.60. The van der Waals surface area contributed by atoms with Gasteiger partial charge in [0.25, 0.3) is 0 Å². The highest BCUT2D eigenvalue weighted by Crippen LogP contribution is 2.57. The Morgan fingerprint density at radius 1 is 0.731 bits per heavy atom. The third kappa shape index (κ3) is 3.15. The first kappa shape index (κ1) is 17.2. The first-order chi connectivity index (χ1) is 12.8. The van der Waals surface area contributed by atoms with Gasteiger partial charge in [-0.25, -0.2) is 0 Å². The van der Waals surface area contributed by atoms with E-state index < -0.39 is 7.14 Å². The predicted molar refractivity (Wildman–Crippen MR) is 109 cm³/mol. The van der Waals surface area contributed by atoms with Gasteiger partial charge in [-0.2, -0.15) is 0 Å². The Labute approximate surface area is 155 Å². The van der Waals surface area contributed by atoms with Crippen LogP contribution >= 0.6 is 7.14 Å². The summed E-state index contributed by atoms with van der Waals surface area (Å²) in [6.07, 6.45) is 6.23. The fourth-order valence-corrected chi connectivity index (χ4v) is 7.97. The summed E-state index contributed by atoms with van der Waals surface area (Å²) in [6, 6.07) is 26.3. The van der Waals surface area contributed by atoms with Crippen molar-refractivity contribution in [1.29, 1.82) is 0 Å². The van der Waals surface area contributed by atoms with Crippen molar-refractivity contribution in [3.05, 3.63) is 90.8 Å². The number of aromatic nitrogens is 1. The van der Waals surface area contributed by atoms with Crippen LogP contribution in [0.2, 0.25) is 0 Å². The summed E-state index contributed by atoms with van der Waals surface area (Å²) < 4.78 is 14.7. The smallest absolute Gasteiger partial charge is 0.146 e. The highest BCUT2D eigenvalue weighted by molar-refractivity contribution is 7.79. The van der Waals surface area contributed by atoms with E-state index in [9.17, 15) is 4.57 Å². The van der Waals surface area contributed by atoms with Gasteiger partial charge in [0, 0.05) is 34.1 Å². The molecule has 1 aliphatic carbocycles. The van der Waals surface area contributed by atoms with Crippen LogP contribution in [0.4, 0.5) is 0 Å². The quantitative estimate of drug-likeness (QED) is 0.604. The fourth-order valence-electron chi connectivity index (χ4n) is 4.32. The zero-order chi connectivity index (χ0) is 17.8.